The summed E-state index contributed by atoms with van der Waals surface area (Å²) in [5, 5.41) is 13.0. The van der Waals surface area contributed by atoms with Crippen molar-refractivity contribution in [1.82, 2.24) is 10.2 Å². The number of carbonyl (C=O) groups is 3. The van der Waals surface area contributed by atoms with Crippen molar-refractivity contribution in [3.8, 4) is 5.75 Å². The molecule has 1 aromatic carbocycles. The second-order valence-corrected chi connectivity index (χ2v) is 6.16. The molecule has 3 rings (SSSR count). The van der Waals surface area contributed by atoms with Crippen LogP contribution >= 0.6 is 0 Å². The zero-order valence-corrected chi connectivity index (χ0v) is 13.6. The highest BCUT2D eigenvalue weighted by Gasteiger charge is 2.44. The number of rotatable bonds is 6. The minimum absolute atomic E-state index is 0.0283. The molecular weight excluding hydrogens is 330 g/mol. The van der Waals surface area contributed by atoms with E-state index in [-0.39, 0.29) is 36.6 Å². The van der Waals surface area contributed by atoms with Crippen LogP contribution in [-0.2, 0) is 14.4 Å². The third-order valence-electron chi connectivity index (χ3n) is 4.24. The summed E-state index contributed by atoms with van der Waals surface area (Å²) in [4.78, 5) is 47.5. The summed E-state index contributed by atoms with van der Waals surface area (Å²) >= 11 is 0. The topological polar surface area (TPSA) is 119 Å². The van der Waals surface area contributed by atoms with Crippen molar-refractivity contribution in [1.29, 1.82) is 0 Å². The molecule has 1 aromatic rings. The molecule has 1 atom stereocenters. The fraction of sp³-hybridized carbons (Fsp3) is 0.438. The molecule has 3 amide bonds. The van der Waals surface area contributed by atoms with Crippen LogP contribution in [0.1, 0.15) is 24.8 Å². The first-order valence-corrected chi connectivity index (χ1v) is 7.89. The molecule has 1 saturated carbocycles. The van der Waals surface area contributed by atoms with E-state index in [9.17, 15) is 24.5 Å². The Morgan fingerprint density at radius 1 is 1.40 bits per heavy atom. The average molecular weight is 347 g/mol. The van der Waals surface area contributed by atoms with Crippen molar-refractivity contribution >= 4 is 23.4 Å². The molecule has 132 valence electrons. The standard InChI is InChI=1S/C16H17N3O6/c1-9-6-11(4-5-12(9)19(23)24)25-8-15(21)18(10-2-3-10)13-7-14(20)17-16(13)22/h4-6,10,13H,2-3,7-8H2,1H3,(H,17,20,22)/t13-/m1/s1. The zero-order valence-electron chi connectivity index (χ0n) is 13.6. The number of imide groups is 1. The van der Waals surface area contributed by atoms with E-state index in [2.05, 4.69) is 5.32 Å². The Bertz CT molecular complexity index is 758. The van der Waals surface area contributed by atoms with Crippen LogP contribution in [0.3, 0.4) is 0 Å². The van der Waals surface area contributed by atoms with Crippen molar-refractivity contribution in [3.63, 3.8) is 0 Å². The maximum absolute atomic E-state index is 12.5. The summed E-state index contributed by atoms with van der Waals surface area (Å²) in [5.41, 5.74) is 0.397. The van der Waals surface area contributed by atoms with Crippen LogP contribution in [0.15, 0.2) is 18.2 Å². The minimum Gasteiger partial charge on any atom is -0.484 e. The smallest absolute Gasteiger partial charge is 0.272 e. The Labute approximate surface area is 143 Å². The molecule has 1 aliphatic heterocycles. The lowest BCUT2D eigenvalue weighted by molar-refractivity contribution is -0.385. The summed E-state index contributed by atoms with van der Waals surface area (Å²) < 4.78 is 5.43. The van der Waals surface area contributed by atoms with Gasteiger partial charge in [-0.05, 0) is 31.9 Å². The van der Waals surface area contributed by atoms with Gasteiger partial charge in [0, 0.05) is 17.7 Å². The maximum Gasteiger partial charge on any atom is 0.272 e. The van der Waals surface area contributed by atoms with Gasteiger partial charge >= 0.3 is 0 Å². The predicted molar refractivity (Wildman–Crippen MR) is 84.8 cm³/mol. The number of aryl methyl sites for hydroxylation is 1. The SMILES string of the molecule is Cc1cc(OCC(=O)N(C2CC2)[C@@H]2CC(=O)NC2=O)ccc1[N+](=O)[O-]. The van der Waals surface area contributed by atoms with E-state index in [0.717, 1.165) is 12.8 Å². The monoisotopic (exact) mass is 347 g/mol. The molecular formula is C16H17N3O6. The van der Waals surface area contributed by atoms with Crippen molar-refractivity contribution in [2.45, 2.75) is 38.3 Å². The first kappa shape index (κ1) is 16.9. The van der Waals surface area contributed by atoms with Gasteiger partial charge in [-0.2, -0.15) is 0 Å². The van der Waals surface area contributed by atoms with E-state index >= 15 is 0 Å². The molecule has 1 heterocycles. The van der Waals surface area contributed by atoms with E-state index in [1.807, 2.05) is 0 Å². The predicted octanol–water partition coefficient (Wildman–Crippen LogP) is 0.688. The highest BCUT2D eigenvalue weighted by molar-refractivity contribution is 6.07. The molecule has 0 spiro atoms. The van der Waals surface area contributed by atoms with E-state index in [1.165, 1.54) is 23.1 Å². The van der Waals surface area contributed by atoms with E-state index < -0.39 is 16.9 Å². The minimum atomic E-state index is -0.783. The van der Waals surface area contributed by atoms with Gasteiger partial charge < -0.3 is 9.64 Å². The molecule has 1 saturated heterocycles. The van der Waals surface area contributed by atoms with Crippen molar-refractivity contribution in [3.05, 3.63) is 33.9 Å². The molecule has 0 radical (unpaired) electrons. The molecule has 9 nitrogen and oxygen atoms in total. The number of nitro benzene ring substituents is 1. The van der Waals surface area contributed by atoms with Crippen molar-refractivity contribution in [2.75, 3.05) is 6.61 Å². The van der Waals surface area contributed by atoms with Gasteiger partial charge in [-0.3, -0.25) is 29.8 Å². The molecule has 1 aliphatic carbocycles. The number of benzene rings is 1. The van der Waals surface area contributed by atoms with Crippen LogP contribution in [0.4, 0.5) is 5.69 Å². The van der Waals surface area contributed by atoms with E-state index in [0.29, 0.717) is 11.3 Å². The fourth-order valence-electron chi connectivity index (χ4n) is 2.89. The third-order valence-corrected chi connectivity index (χ3v) is 4.24. The number of nitro groups is 1. The van der Waals surface area contributed by atoms with Crippen LogP contribution in [0, 0.1) is 17.0 Å². The van der Waals surface area contributed by atoms with Gasteiger partial charge in [0.2, 0.25) is 11.8 Å². The van der Waals surface area contributed by atoms with Gasteiger partial charge in [0.1, 0.15) is 11.8 Å². The lowest BCUT2D eigenvalue weighted by atomic mass is 10.2. The number of amides is 3. The maximum atomic E-state index is 12.5. The van der Waals surface area contributed by atoms with E-state index in [4.69, 9.17) is 4.74 Å². The number of hydrogen-bond donors (Lipinski definition) is 1. The Morgan fingerprint density at radius 2 is 2.12 bits per heavy atom. The lowest BCUT2D eigenvalue weighted by Gasteiger charge is -2.26. The number of hydrogen-bond acceptors (Lipinski definition) is 6. The quantitative estimate of drug-likeness (QED) is 0.459. The van der Waals surface area contributed by atoms with Crippen molar-refractivity contribution in [2.24, 2.45) is 0 Å². The fourth-order valence-corrected chi connectivity index (χ4v) is 2.89. The van der Waals surface area contributed by atoms with Gasteiger partial charge in [0.05, 0.1) is 11.3 Å². The van der Waals surface area contributed by atoms with Crippen LogP contribution in [0.5, 0.6) is 5.75 Å². The molecule has 0 aromatic heterocycles. The highest BCUT2D eigenvalue weighted by atomic mass is 16.6. The van der Waals surface area contributed by atoms with Crippen molar-refractivity contribution < 1.29 is 24.0 Å². The average Bonchev–Trinajstić information content (AvgIpc) is 3.31. The second kappa shape index (κ2) is 6.50. The Kier molecular flexibility index (Phi) is 4.39. The molecule has 25 heavy (non-hydrogen) atoms. The summed E-state index contributed by atoms with van der Waals surface area (Å²) in [6.07, 6.45) is 1.55. The molecule has 0 unspecified atom stereocenters. The number of ether oxygens (including phenoxy) is 1. The highest BCUT2D eigenvalue weighted by Crippen LogP contribution is 2.31. The first-order valence-electron chi connectivity index (χ1n) is 7.89. The van der Waals surface area contributed by atoms with Gasteiger partial charge in [0.15, 0.2) is 6.61 Å². The lowest BCUT2D eigenvalue weighted by Crippen LogP contribution is -2.47. The third kappa shape index (κ3) is 3.59. The van der Waals surface area contributed by atoms with Crippen LogP contribution in [-0.4, -0.2) is 46.2 Å². The zero-order chi connectivity index (χ0) is 18.1. The molecule has 2 aliphatic rings. The van der Waals surface area contributed by atoms with Gasteiger partial charge in [-0.25, -0.2) is 0 Å². The summed E-state index contributed by atoms with van der Waals surface area (Å²) in [6.45, 7) is 1.28. The summed E-state index contributed by atoms with van der Waals surface area (Å²) in [6, 6.07) is 3.40. The number of nitrogens with one attached hydrogen (secondary N) is 1. The second-order valence-electron chi connectivity index (χ2n) is 6.16. The Balaban J connectivity index is 1.66. The number of nitrogens with zero attached hydrogens (tertiary/aromatic N) is 2. The number of carbonyl (C=O) groups excluding carboxylic acids is 3. The van der Waals surface area contributed by atoms with Crippen LogP contribution in [0.2, 0.25) is 0 Å². The molecule has 9 heteroatoms. The van der Waals surface area contributed by atoms with Crippen LogP contribution in [0.25, 0.3) is 0 Å². The summed E-state index contributed by atoms with van der Waals surface area (Å²) in [5.74, 6) is -0.899. The Morgan fingerprint density at radius 3 is 2.64 bits per heavy atom. The largest absolute Gasteiger partial charge is 0.484 e. The van der Waals surface area contributed by atoms with Gasteiger partial charge in [-0.15, -0.1) is 0 Å². The first-order chi connectivity index (χ1) is 11.9. The normalized spacial score (nSPS) is 19.5. The molecule has 2 fully saturated rings. The van der Waals surface area contributed by atoms with Gasteiger partial charge in [0.25, 0.3) is 11.6 Å². The molecule has 1 N–H and O–H groups in total. The van der Waals surface area contributed by atoms with Gasteiger partial charge in [-0.1, -0.05) is 0 Å². The van der Waals surface area contributed by atoms with E-state index in [1.54, 1.807) is 6.92 Å². The molecule has 0 bridgehead atoms. The van der Waals surface area contributed by atoms with Crippen LogP contribution < -0.4 is 10.1 Å². The summed E-state index contributed by atoms with van der Waals surface area (Å²) in [7, 11) is 0. The Hall–Kier alpha value is -2.97.